The van der Waals surface area contributed by atoms with Gasteiger partial charge in [-0.2, -0.15) is 12.8 Å². The molecule has 2 aliphatic heterocycles. The molecule has 1 fully saturated rings. The highest BCUT2D eigenvalue weighted by Crippen LogP contribution is 2.22. The van der Waals surface area contributed by atoms with Crippen LogP contribution in [-0.2, 0) is 14.8 Å². The number of sulfonamides is 1. The molecule has 6 nitrogen and oxygen atoms in total. The van der Waals surface area contributed by atoms with Gasteiger partial charge in [0.1, 0.15) is 0 Å². The van der Waals surface area contributed by atoms with Crippen LogP contribution in [0.25, 0.3) is 0 Å². The molecule has 0 unspecified atom stereocenters. The Balaban J connectivity index is 2.28. The summed E-state index contributed by atoms with van der Waals surface area (Å²) in [6.07, 6.45) is 2.97. The Hall–Kier alpha value is -1.21. The molecule has 0 radical (unpaired) electrons. The molecule has 16 heavy (non-hydrogen) atoms. The predicted molar refractivity (Wildman–Crippen MR) is 57.7 cm³/mol. The number of carbonyl (C=O) groups is 1. The van der Waals surface area contributed by atoms with E-state index in [4.69, 9.17) is 5.11 Å². The highest BCUT2D eigenvalue weighted by Gasteiger charge is 2.31. The van der Waals surface area contributed by atoms with E-state index in [1.807, 2.05) is 4.90 Å². The lowest BCUT2D eigenvalue weighted by Gasteiger charge is -2.14. The zero-order valence-corrected chi connectivity index (χ0v) is 9.40. The molecular weight excluding hydrogens is 232 g/mol. The summed E-state index contributed by atoms with van der Waals surface area (Å²) in [6, 6.07) is 0. The van der Waals surface area contributed by atoms with Gasteiger partial charge in [0.2, 0.25) is 0 Å². The fourth-order valence-corrected chi connectivity index (χ4v) is 3.02. The van der Waals surface area contributed by atoms with Crippen LogP contribution in [0.2, 0.25) is 0 Å². The minimum atomic E-state index is -3.74. The molecule has 0 atom stereocenters. The fraction of sp³-hybridized carbons (Fsp3) is 0.556. The third-order valence-corrected chi connectivity index (χ3v) is 4.08. The third kappa shape index (κ3) is 2.00. The Labute approximate surface area is 93.3 Å². The Kier molecular flexibility index (Phi) is 2.81. The molecule has 7 heteroatoms. The average Bonchev–Trinajstić information content (AvgIpc) is 2.76. The second-order valence-electron chi connectivity index (χ2n) is 3.83. The molecule has 0 aliphatic carbocycles. The maximum Gasteiger partial charge on any atom is 0.338 e. The molecule has 0 aromatic heterocycles. The number of aliphatic carboxylic acids is 1. The monoisotopic (exact) mass is 244 g/mol. The highest BCUT2D eigenvalue weighted by atomic mass is 32.2. The van der Waals surface area contributed by atoms with Crippen LogP contribution in [0.4, 0.5) is 0 Å². The summed E-state index contributed by atoms with van der Waals surface area (Å²) in [5.41, 5.74) is -0.202. The Morgan fingerprint density at radius 3 is 2.62 bits per heavy atom. The second-order valence-corrected chi connectivity index (χ2v) is 5.49. The number of likely N-dealkylation sites (tertiary alicyclic amines) is 1. The Bertz CT molecular complexity index is 472. The van der Waals surface area contributed by atoms with Crippen molar-refractivity contribution in [1.82, 2.24) is 4.90 Å². The normalized spacial score (nSPS) is 24.2. The van der Waals surface area contributed by atoms with Crippen molar-refractivity contribution in [2.45, 2.75) is 12.8 Å². The molecule has 2 aliphatic rings. The summed E-state index contributed by atoms with van der Waals surface area (Å²) >= 11 is 0. The van der Waals surface area contributed by atoms with E-state index in [9.17, 15) is 13.2 Å². The van der Waals surface area contributed by atoms with E-state index < -0.39 is 16.0 Å². The predicted octanol–water partition coefficient (Wildman–Crippen LogP) is -0.165. The van der Waals surface area contributed by atoms with Crippen LogP contribution in [0.15, 0.2) is 14.9 Å². The molecule has 0 spiro atoms. The van der Waals surface area contributed by atoms with Gasteiger partial charge in [0, 0.05) is 6.54 Å². The van der Waals surface area contributed by atoms with E-state index in [0.717, 1.165) is 32.1 Å². The lowest BCUT2D eigenvalue weighted by molar-refractivity contribution is -0.132. The van der Waals surface area contributed by atoms with E-state index in [1.165, 1.54) is 0 Å². The number of carboxylic acids is 1. The largest absolute Gasteiger partial charge is 0.478 e. The fourth-order valence-electron chi connectivity index (χ4n) is 1.88. The molecule has 2 heterocycles. The van der Waals surface area contributed by atoms with Crippen LogP contribution in [0.5, 0.6) is 0 Å². The van der Waals surface area contributed by atoms with Crippen molar-refractivity contribution in [2.75, 3.05) is 19.6 Å². The van der Waals surface area contributed by atoms with Gasteiger partial charge in [0.25, 0.3) is 10.0 Å². The van der Waals surface area contributed by atoms with E-state index >= 15 is 0 Å². The number of hydrogen-bond donors (Lipinski definition) is 1. The van der Waals surface area contributed by atoms with Crippen molar-refractivity contribution in [1.29, 1.82) is 0 Å². The average molecular weight is 244 g/mol. The SMILES string of the molecule is O=C(O)C1=C(CN2CCCC2)S(=O)(=O)N=C1. The minimum absolute atomic E-state index is 0.0816. The maximum atomic E-state index is 11.5. The first-order valence-electron chi connectivity index (χ1n) is 5.00. The Morgan fingerprint density at radius 2 is 2.06 bits per heavy atom. The van der Waals surface area contributed by atoms with Crippen molar-refractivity contribution >= 4 is 22.2 Å². The topological polar surface area (TPSA) is 87.0 Å². The molecule has 0 saturated carbocycles. The van der Waals surface area contributed by atoms with E-state index in [2.05, 4.69) is 4.40 Å². The van der Waals surface area contributed by atoms with Crippen LogP contribution in [0.1, 0.15) is 12.8 Å². The Morgan fingerprint density at radius 1 is 1.44 bits per heavy atom. The zero-order chi connectivity index (χ0) is 11.8. The van der Waals surface area contributed by atoms with Gasteiger partial charge in [-0.15, -0.1) is 0 Å². The maximum absolute atomic E-state index is 11.5. The smallest absolute Gasteiger partial charge is 0.338 e. The van der Waals surface area contributed by atoms with Gasteiger partial charge in [-0.05, 0) is 25.9 Å². The van der Waals surface area contributed by atoms with E-state index in [-0.39, 0.29) is 17.0 Å². The van der Waals surface area contributed by atoms with Gasteiger partial charge >= 0.3 is 5.97 Å². The number of hydrogen-bond acceptors (Lipinski definition) is 4. The van der Waals surface area contributed by atoms with Crippen molar-refractivity contribution in [2.24, 2.45) is 4.40 Å². The van der Waals surface area contributed by atoms with Crippen LogP contribution < -0.4 is 0 Å². The molecular formula is C9H12N2O4S. The van der Waals surface area contributed by atoms with Crippen molar-refractivity contribution in [3.05, 3.63) is 10.5 Å². The first-order chi connectivity index (χ1) is 7.50. The van der Waals surface area contributed by atoms with Crippen molar-refractivity contribution in [3.8, 4) is 0 Å². The molecule has 1 N–H and O–H groups in total. The van der Waals surface area contributed by atoms with Gasteiger partial charge in [-0.1, -0.05) is 0 Å². The molecule has 0 aromatic rings. The van der Waals surface area contributed by atoms with Crippen molar-refractivity contribution in [3.63, 3.8) is 0 Å². The molecule has 0 bridgehead atoms. The van der Waals surface area contributed by atoms with Gasteiger partial charge in [-0.3, -0.25) is 4.90 Å². The zero-order valence-electron chi connectivity index (χ0n) is 8.59. The number of nitrogens with zero attached hydrogens (tertiary/aromatic N) is 2. The van der Waals surface area contributed by atoms with Crippen LogP contribution in [0, 0.1) is 0 Å². The molecule has 0 aromatic carbocycles. The van der Waals surface area contributed by atoms with Gasteiger partial charge < -0.3 is 5.11 Å². The van der Waals surface area contributed by atoms with Gasteiger partial charge in [-0.25, -0.2) is 4.79 Å². The number of carboxylic acid groups (broad SMARTS) is 1. The second kappa shape index (κ2) is 3.99. The standard InChI is InChI=1S/C9H12N2O4S/c12-9(13)7-5-10-16(14,15)8(7)6-11-3-1-2-4-11/h5H,1-4,6H2,(H,12,13). The quantitative estimate of drug-likeness (QED) is 0.745. The minimum Gasteiger partial charge on any atom is -0.478 e. The lowest BCUT2D eigenvalue weighted by Crippen LogP contribution is -2.25. The third-order valence-electron chi connectivity index (χ3n) is 2.73. The molecule has 0 amide bonds. The molecule has 2 rings (SSSR count). The van der Waals surface area contributed by atoms with E-state index in [0.29, 0.717) is 0 Å². The summed E-state index contributed by atoms with van der Waals surface area (Å²) in [5.74, 6) is -1.24. The van der Waals surface area contributed by atoms with Crippen LogP contribution in [0.3, 0.4) is 0 Å². The number of rotatable bonds is 3. The lowest BCUT2D eigenvalue weighted by atomic mass is 10.2. The van der Waals surface area contributed by atoms with Gasteiger partial charge in [0.05, 0.1) is 16.7 Å². The summed E-state index contributed by atoms with van der Waals surface area (Å²) in [4.78, 5) is 12.7. The van der Waals surface area contributed by atoms with E-state index in [1.54, 1.807) is 0 Å². The summed E-state index contributed by atoms with van der Waals surface area (Å²) in [7, 11) is -3.74. The van der Waals surface area contributed by atoms with Gasteiger partial charge in [0.15, 0.2) is 0 Å². The summed E-state index contributed by atoms with van der Waals surface area (Å²) in [6.45, 7) is 1.78. The molecule has 1 saturated heterocycles. The summed E-state index contributed by atoms with van der Waals surface area (Å²) < 4.78 is 26.3. The highest BCUT2D eigenvalue weighted by molar-refractivity contribution is 7.94. The first kappa shape index (κ1) is 11.3. The van der Waals surface area contributed by atoms with Crippen molar-refractivity contribution < 1.29 is 18.3 Å². The first-order valence-corrected chi connectivity index (χ1v) is 6.44. The van der Waals surface area contributed by atoms with Crippen LogP contribution >= 0.6 is 0 Å². The van der Waals surface area contributed by atoms with Crippen LogP contribution in [-0.4, -0.2) is 50.2 Å². The molecule has 88 valence electrons. The summed E-state index contributed by atoms with van der Waals surface area (Å²) in [5, 5.41) is 8.86.